The lowest BCUT2D eigenvalue weighted by Gasteiger charge is -2.24. The van der Waals surface area contributed by atoms with Gasteiger partial charge in [0.25, 0.3) is 0 Å². The molecule has 5 nitrogen and oxygen atoms in total. The van der Waals surface area contributed by atoms with Crippen LogP contribution in [0.4, 0.5) is 18.9 Å². The van der Waals surface area contributed by atoms with Crippen LogP contribution in [0.5, 0.6) is 0 Å². The van der Waals surface area contributed by atoms with E-state index in [1.807, 2.05) is 0 Å². The smallest absolute Gasteiger partial charge is 0.358 e. The highest BCUT2D eigenvalue weighted by Crippen LogP contribution is 2.33. The monoisotopic (exact) mass is 354 g/mol. The van der Waals surface area contributed by atoms with Crippen molar-refractivity contribution in [3.05, 3.63) is 46.9 Å². The maximum atomic E-state index is 14.5. The molecule has 25 heavy (non-hydrogen) atoms. The van der Waals surface area contributed by atoms with Crippen LogP contribution in [-0.2, 0) is 15.1 Å². The van der Waals surface area contributed by atoms with Crippen molar-refractivity contribution in [3.63, 3.8) is 0 Å². The first-order chi connectivity index (χ1) is 11.6. The zero-order chi connectivity index (χ0) is 18.9. The minimum absolute atomic E-state index is 0.220. The third-order valence-corrected chi connectivity index (χ3v) is 3.87. The number of hydrogen-bond acceptors (Lipinski definition) is 5. The Balaban J connectivity index is 2.69. The molecule has 134 valence electrons. The molecular weight excluding hydrogens is 337 g/mol. The molecule has 8 heteroatoms. The molecule has 2 N–H and O–H groups in total. The van der Waals surface area contributed by atoms with Crippen LogP contribution in [0.2, 0.25) is 0 Å². The summed E-state index contributed by atoms with van der Waals surface area (Å²) in [6.45, 7) is 3.25. The molecular formula is C17H17F3N2O3. The van der Waals surface area contributed by atoms with Crippen LogP contribution in [0, 0.1) is 17.5 Å². The minimum Gasteiger partial charge on any atom is -0.464 e. The highest BCUT2D eigenvalue weighted by Gasteiger charge is 2.27. The van der Waals surface area contributed by atoms with Gasteiger partial charge < -0.3 is 15.2 Å². The topological polar surface area (TPSA) is 74.4 Å². The Bertz CT molecular complexity index is 815. The van der Waals surface area contributed by atoms with Gasteiger partial charge in [-0.05, 0) is 31.5 Å². The van der Waals surface area contributed by atoms with E-state index in [4.69, 9.17) is 10.5 Å². The number of esters is 1. The van der Waals surface area contributed by atoms with Gasteiger partial charge in [0.1, 0.15) is 17.3 Å². The van der Waals surface area contributed by atoms with Gasteiger partial charge in [-0.25, -0.2) is 22.9 Å². The van der Waals surface area contributed by atoms with E-state index < -0.39 is 46.0 Å². The van der Waals surface area contributed by atoms with E-state index in [0.29, 0.717) is 0 Å². The largest absolute Gasteiger partial charge is 0.464 e. The normalized spacial score (nSPS) is 11.5. The molecule has 0 unspecified atom stereocenters. The lowest BCUT2D eigenvalue weighted by molar-refractivity contribution is 0.0187. The molecule has 0 bridgehead atoms. The van der Waals surface area contributed by atoms with E-state index in [-0.39, 0.29) is 11.3 Å². The average molecular weight is 354 g/mol. The second kappa shape index (κ2) is 6.72. The number of benzene rings is 1. The fourth-order valence-corrected chi connectivity index (χ4v) is 2.20. The number of nitrogens with two attached hydrogens (primary N) is 1. The van der Waals surface area contributed by atoms with Crippen LogP contribution in [0.15, 0.2) is 18.2 Å². The summed E-state index contributed by atoms with van der Waals surface area (Å²) in [5.74, 6) is -4.11. The minimum atomic E-state index is -1.07. The third kappa shape index (κ3) is 3.43. The summed E-state index contributed by atoms with van der Waals surface area (Å²) in [7, 11) is 2.48. The molecule has 0 amide bonds. The summed E-state index contributed by atoms with van der Waals surface area (Å²) in [4.78, 5) is 15.3. The van der Waals surface area contributed by atoms with Crippen LogP contribution in [0.1, 0.15) is 29.9 Å². The van der Waals surface area contributed by atoms with Crippen molar-refractivity contribution >= 4 is 11.7 Å². The Morgan fingerprint density at radius 3 is 2.12 bits per heavy atom. The molecule has 0 aliphatic rings. The number of halogens is 3. The fourth-order valence-electron chi connectivity index (χ4n) is 2.20. The number of nitrogen functional groups attached to an aromatic ring is 1. The van der Waals surface area contributed by atoms with Crippen molar-refractivity contribution < 1.29 is 27.4 Å². The second-order valence-electron chi connectivity index (χ2n) is 5.78. The predicted molar refractivity (Wildman–Crippen MR) is 85.3 cm³/mol. The summed E-state index contributed by atoms with van der Waals surface area (Å²) in [5, 5.41) is 0. The number of hydrogen-bond donors (Lipinski definition) is 1. The van der Waals surface area contributed by atoms with Gasteiger partial charge in [-0.3, -0.25) is 0 Å². The maximum absolute atomic E-state index is 14.5. The molecule has 0 saturated heterocycles. The van der Waals surface area contributed by atoms with Gasteiger partial charge in [0, 0.05) is 13.2 Å². The quantitative estimate of drug-likeness (QED) is 0.852. The zero-order valence-corrected chi connectivity index (χ0v) is 14.1. The molecule has 0 aliphatic carbocycles. The summed E-state index contributed by atoms with van der Waals surface area (Å²) in [6.07, 6.45) is 0. The van der Waals surface area contributed by atoms with Crippen molar-refractivity contribution in [2.24, 2.45) is 0 Å². The number of anilines is 1. The Hall–Kier alpha value is -2.61. The van der Waals surface area contributed by atoms with Gasteiger partial charge in [-0.1, -0.05) is 0 Å². The molecule has 1 aromatic carbocycles. The zero-order valence-electron chi connectivity index (χ0n) is 14.1. The molecule has 0 spiro atoms. The van der Waals surface area contributed by atoms with Crippen molar-refractivity contribution in [2.75, 3.05) is 20.0 Å². The van der Waals surface area contributed by atoms with Gasteiger partial charge in [-0.2, -0.15) is 0 Å². The van der Waals surface area contributed by atoms with E-state index in [0.717, 1.165) is 25.3 Å². The number of nitrogens with zero attached hydrogens (tertiary/aromatic N) is 1. The molecule has 0 aliphatic heterocycles. The lowest BCUT2D eigenvalue weighted by atomic mass is 9.95. The molecule has 0 fully saturated rings. The Kier molecular flexibility index (Phi) is 5.03. The number of ether oxygens (including phenoxy) is 2. The SMILES string of the molecule is COC(=O)c1nc(-c2c(F)cc(C(C)(C)OC)cc2F)c(F)cc1N. The standard InChI is InChI=1S/C17H17F3N2O3/c1-17(2,25-4)8-5-9(18)13(10(19)6-8)14-11(20)7-12(21)15(22-14)16(23)24-3/h5-7H,21H2,1-4H3. The molecule has 2 rings (SSSR count). The van der Waals surface area contributed by atoms with Crippen molar-refractivity contribution in [3.8, 4) is 11.3 Å². The molecule has 0 atom stereocenters. The lowest BCUT2D eigenvalue weighted by Crippen LogP contribution is -2.20. The molecule has 1 aromatic heterocycles. The van der Waals surface area contributed by atoms with Crippen LogP contribution in [-0.4, -0.2) is 25.2 Å². The maximum Gasteiger partial charge on any atom is 0.358 e. The Morgan fingerprint density at radius 1 is 1.08 bits per heavy atom. The first-order valence-corrected chi connectivity index (χ1v) is 7.21. The number of rotatable bonds is 4. The number of carbonyl (C=O) groups excluding carboxylic acids is 1. The Labute approximate surface area is 142 Å². The van der Waals surface area contributed by atoms with Crippen LogP contribution in [0.25, 0.3) is 11.3 Å². The van der Waals surface area contributed by atoms with Gasteiger partial charge in [-0.15, -0.1) is 0 Å². The van der Waals surface area contributed by atoms with E-state index in [9.17, 15) is 18.0 Å². The van der Waals surface area contributed by atoms with Gasteiger partial charge >= 0.3 is 5.97 Å². The van der Waals surface area contributed by atoms with Crippen LogP contribution < -0.4 is 5.73 Å². The molecule has 1 heterocycles. The highest BCUT2D eigenvalue weighted by atomic mass is 19.1. The number of pyridine rings is 1. The number of carbonyl (C=O) groups is 1. The van der Waals surface area contributed by atoms with Crippen LogP contribution in [0.3, 0.4) is 0 Å². The summed E-state index contributed by atoms with van der Waals surface area (Å²) >= 11 is 0. The number of methoxy groups -OCH3 is 2. The first kappa shape index (κ1) is 18.7. The Morgan fingerprint density at radius 2 is 1.64 bits per heavy atom. The fraction of sp³-hybridized carbons (Fsp3) is 0.294. The molecule has 0 radical (unpaired) electrons. The summed E-state index contributed by atoms with van der Waals surface area (Å²) in [5.41, 5.74) is 2.66. The third-order valence-electron chi connectivity index (χ3n) is 3.87. The van der Waals surface area contributed by atoms with Crippen LogP contribution >= 0.6 is 0 Å². The van der Waals surface area contributed by atoms with Gasteiger partial charge in [0.2, 0.25) is 0 Å². The molecule has 0 saturated carbocycles. The summed E-state index contributed by atoms with van der Waals surface area (Å²) < 4.78 is 52.9. The van der Waals surface area contributed by atoms with E-state index >= 15 is 0 Å². The summed E-state index contributed by atoms with van der Waals surface area (Å²) in [6, 6.07) is 2.81. The average Bonchev–Trinajstić information content (AvgIpc) is 2.55. The van der Waals surface area contributed by atoms with Crippen molar-refractivity contribution in [1.29, 1.82) is 0 Å². The second-order valence-corrected chi connectivity index (χ2v) is 5.78. The first-order valence-electron chi connectivity index (χ1n) is 7.21. The highest BCUT2D eigenvalue weighted by molar-refractivity contribution is 5.93. The predicted octanol–water partition coefficient (Wildman–Crippen LogP) is 3.42. The molecule has 2 aromatic rings. The van der Waals surface area contributed by atoms with Crippen molar-refractivity contribution in [1.82, 2.24) is 4.98 Å². The van der Waals surface area contributed by atoms with Gasteiger partial charge in [0.15, 0.2) is 11.5 Å². The van der Waals surface area contributed by atoms with E-state index in [1.54, 1.807) is 13.8 Å². The van der Waals surface area contributed by atoms with E-state index in [2.05, 4.69) is 9.72 Å². The van der Waals surface area contributed by atoms with E-state index in [1.165, 1.54) is 7.11 Å². The van der Waals surface area contributed by atoms with Gasteiger partial charge in [0.05, 0.1) is 24.0 Å². The number of aromatic nitrogens is 1. The van der Waals surface area contributed by atoms with Crippen molar-refractivity contribution in [2.45, 2.75) is 19.4 Å².